The van der Waals surface area contributed by atoms with Gasteiger partial charge < -0.3 is 20.3 Å². The van der Waals surface area contributed by atoms with Gasteiger partial charge in [0.15, 0.2) is 6.61 Å². The molecule has 1 aliphatic heterocycles. The number of ether oxygens (including phenoxy) is 1. The summed E-state index contributed by atoms with van der Waals surface area (Å²) in [7, 11) is 0. The summed E-state index contributed by atoms with van der Waals surface area (Å²) in [5.74, 6) is 0.607. The molecular weight excluding hydrogens is 258 g/mol. The van der Waals surface area contributed by atoms with E-state index in [9.17, 15) is 9.59 Å². The molecule has 0 aromatic heterocycles. The van der Waals surface area contributed by atoms with Crippen LogP contribution in [0.2, 0.25) is 0 Å². The molecule has 6 nitrogen and oxygen atoms in total. The van der Waals surface area contributed by atoms with E-state index in [4.69, 9.17) is 10.5 Å². The highest BCUT2D eigenvalue weighted by Gasteiger charge is 2.22. The number of benzene rings is 1. The molecule has 2 N–H and O–H groups in total. The van der Waals surface area contributed by atoms with Crippen LogP contribution >= 0.6 is 0 Å². The third-order valence-corrected chi connectivity index (χ3v) is 3.32. The Labute approximate surface area is 118 Å². The fourth-order valence-electron chi connectivity index (χ4n) is 2.07. The van der Waals surface area contributed by atoms with Gasteiger partial charge in [-0.2, -0.15) is 0 Å². The van der Waals surface area contributed by atoms with Crippen molar-refractivity contribution in [3.63, 3.8) is 0 Å². The molecule has 0 saturated carbocycles. The first-order chi connectivity index (χ1) is 9.56. The van der Waals surface area contributed by atoms with Crippen molar-refractivity contribution in [1.29, 1.82) is 0 Å². The predicted molar refractivity (Wildman–Crippen MR) is 75.2 cm³/mol. The first-order valence-corrected chi connectivity index (χ1v) is 6.58. The molecule has 1 heterocycles. The van der Waals surface area contributed by atoms with Gasteiger partial charge in [-0.05, 0) is 24.3 Å². The van der Waals surface area contributed by atoms with E-state index in [-0.39, 0.29) is 18.4 Å². The highest BCUT2D eigenvalue weighted by atomic mass is 16.5. The number of carbonyl (C=O) groups is 2. The van der Waals surface area contributed by atoms with Crippen LogP contribution in [0.3, 0.4) is 0 Å². The number of amides is 2. The summed E-state index contributed by atoms with van der Waals surface area (Å²) in [6.45, 7) is 3.84. The number of hydrogen-bond acceptors (Lipinski definition) is 4. The summed E-state index contributed by atoms with van der Waals surface area (Å²) in [4.78, 5) is 26.6. The normalized spacial score (nSPS) is 15.1. The second-order valence-corrected chi connectivity index (χ2v) is 4.74. The van der Waals surface area contributed by atoms with Gasteiger partial charge in [0.05, 0.1) is 0 Å². The van der Waals surface area contributed by atoms with Gasteiger partial charge in [-0.1, -0.05) is 0 Å². The molecule has 0 bridgehead atoms. The molecule has 2 rings (SSSR count). The summed E-state index contributed by atoms with van der Waals surface area (Å²) in [6.07, 6.45) is 0. The summed E-state index contributed by atoms with van der Waals surface area (Å²) in [6, 6.07) is 6.92. The van der Waals surface area contributed by atoms with Crippen molar-refractivity contribution in [2.45, 2.75) is 6.92 Å². The van der Waals surface area contributed by atoms with Crippen molar-refractivity contribution in [2.24, 2.45) is 0 Å². The average Bonchev–Trinajstić information content (AvgIpc) is 2.46. The van der Waals surface area contributed by atoms with Crippen LogP contribution in [0.15, 0.2) is 24.3 Å². The van der Waals surface area contributed by atoms with Gasteiger partial charge in [-0.25, -0.2) is 0 Å². The van der Waals surface area contributed by atoms with Crippen molar-refractivity contribution in [3.8, 4) is 5.75 Å². The van der Waals surface area contributed by atoms with E-state index in [1.807, 2.05) is 0 Å². The van der Waals surface area contributed by atoms with E-state index < -0.39 is 0 Å². The Morgan fingerprint density at radius 1 is 1.10 bits per heavy atom. The zero-order chi connectivity index (χ0) is 14.5. The largest absolute Gasteiger partial charge is 0.484 e. The number of rotatable bonds is 3. The summed E-state index contributed by atoms with van der Waals surface area (Å²) in [5.41, 5.74) is 6.23. The lowest BCUT2D eigenvalue weighted by atomic mass is 10.3. The smallest absolute Gasteiger partial charge is 0.260 e. The Morgan fingerprint density at radius 2 is 1.65 bits per heavy atom. The van der Waals surface area contributed by atoms with Gasteiger partial charge in [-0.15, -0.1) is 0 Å². The maximum Gasteiger partial charge on any atom is 0.260 e. The molecule has 1 aromatic rings. The van der Waals surface area contributed by atoms with Gasteiger partial charge in [0.25, 0.3) is 5.91 Å². The average molecular weight is 277 g/mol. The number of nitrogens with zero attached hydrogens (tertiary/aromatic N) is 2. The predicted octanol–water partition coefficient (Wildman–Crippen LogP) is 0.338. The molecule has 0 unspecified atom stereocenters. The van der Waals surface area contributed by atoms with Crippen molar-refractivity contribution >= 4 is 17.5 Å². The lowest BCUT2D eigenvalue weighted by Gasteiger charge is -2.34. The second-order valence-electron chi connectivity index (χ2n) is 4.74. The molecule has 108 valence electrons. The second kappa shape index (κ2) is 6.27. The first-order valence-electron chi connectivity index (χ1n) is 6.58. The fraction of sp³-hybridized carbons (Fsp3) is 0.429. The molecule has 1 aliphatic rings. The third kappa shape index (κ3) is 3.63. The van der Waals surface area contributed by atoms with Gasteiger partial charge in [0.1, 0.15) is 5.75 Å². The van der Waals surface area contributed by atoms with Crippen LogP contribution in [0, 0.1) is 0 Å². The van der Waals surface area contributed by atoms with E-state index in [2.05, 4.69) is 0 Å². The molecule has 6 heteroatoms. The van der Waals surface area contributed by atoms with Gasteiger partial charge in [0, 0.05) is 38.8 Å². The Kier molecular flexibility index (Phi) is 4.45. The summed E-state index contributed by atoms with van der Waals surface area (Å²) < 4.78 is 5.42. The van der Waals surface area contributed by atoms with Crippen molar-refractivity contribution in [1.82, 2.24) is 9.80 Å². The molecule has 1 fully saturated rings. The number of carbonyl (C=O) groups excluding carboxylic acids is 2. The highest BCUT2D eigenvalue weighted by molar-refractivity contribution is 5.78. The summed E-state index contributed by atoms with van der Waals surface area (Å²) >= 11 is 0. The molecule has 20 heavy (non-hydrogen) atoms. The monoisotopic (exact) mass is 277 g/mol. The lowest BCUT2D eigenvalue weighted by molar-refractivity contribution is -0.139. The van der Waals surface area contributed by atoms with Gasteiger partial charge in [0.2, 0.25) is 5.91 Å². The van der Waals surface area contributed by atoms with Gasteiger partial charge >= 0.3 is 0 Å². The van der Waals surface area contributed by atoms with Crippen LogP contribution in [0.25, 0.3) is 0 Å². The number of anilines is 1. The Morgan fingerprint density at radius 3 is 2.20 bits per heavy atom. The third-order valence-electron chi connectivity index (χ3n) is 3.32. The van der Waals surface area contributed by atoms with E-state index in [0.29, 0.717) is 37.6 Å². The minimum Gasteiger partial charge on any atom is -0.484 e. The van der Waals surface area contributed by atoms with Crippen LogP contribution in [0.5, 0.6) is 5.75 Å². The maximum absolute atomic E-state index is 12.0. The van der Waals surface area contributed by atoms with E-state index in [0.717, 1.165) is 0 Å². The van der Waals surface area contributed by atoms with E-state index >= 15 is 0 Å². The van der Waals surface area contributed by atoms with Crippen molar-refractivity contribution in [2.75, 3.05) is 38.5 Å². The number of nitrogen functional groups attached to an aromatic ring is 1. The zero-order valence-electron chi connectivity index (χ0n) is 11.5. The SMILES string of the molecule is CC(=O)N1CCN(C(=O)COc2ccc(N)cc2)CC1. The van der Waals surface area contributed by atoms with E-state index in [1.165, 1.54) is 0 Å². The molecule has 1 aromatic carbocycles. The molecule has 1 saturated heterocycles. The first kappa shape index (κ1) is 14.2. The van der Waals surface area contributed by atoms with Crippen molar-refractivity contribution < 1.29 is 14.3 Å². The van der Waals surface area contributed by atoms with E-state index in [1.54, 1.807) is 41.0 Å². The Bertz CT molecular complexity index is 479. The quantitative estimate of drug-likeness (QED) is 0.808. The number of hydrogen-bond donors (Lipinski definition) is 1. The maximum atomic E-state index is 12.0. The minimum atomic E-state index is -0.0648. The Hall–Kier alpha value is -2.24. The van der Waals surface area contributed by atoms with Crippen LogP contribution in [-0.2, 0) is 9.59 Å². The lowest BCUT2D eigenvalue weighted by Crippen LogP contribution is -2.51. The molecule has 0 spiro atoms. The van der Waals surface area contributed by atoms with Crippen LogP contribution in [0.1, 0.15) is 6.92 Å². The van der Waals surface area contributed by atoms with Crippen LogP contribution in [0.4, 0.5) is 5.69 Å². The van der Waals surface area contributed by atoms with Crippen LogP contribution < -0.4 is 10.5 Å². The highest BCUT2D eigenvalue weighted by Crippen LogP contribution is 2.13. The Balaban J connectivity index is 1.78. The van der Waals surface area contributed by atoms with Gasteiger partial charge in [-0.3, -0.25) is 9.59 Å². The molecule has 2 amide bonds. The number of piperazine rings is 1. The van der Waals surface area contributed by atoms with Crippen molar-refractivity contribution in [3.05, 3.63) is 24.3 Å². The topological polar surface area (TPSA) is 75.9 Å². The standard InChI is InChI=1S/C14H19N3O3/c1-11(18)16-6-8-17(9-7-16)14(19)10-20-13-4-2-12(15)3-5-13/h2-5H,6-10,15H2,1H3. The molecule has 0 radical (unpaired) electrons. The molecule has 0 aliphatic carbocycles. The van der Waals surface area contributed by atoms with Crippen LogP contribution in [-0.4, -0.2) is 54.4 Å². The fourth-order valence-corrected chi connectivity index (χ4v) is 2.07. The number of nitrogens with two attached hydrogens (primary N) is 1. The molecule has 0 atom stereocenters. The molecular formula is C14H19N3O3. The summed E-state index contributed by atoms with van der Waals surface area (Å²) in [5, 5.41) is 0. The minimum absolute atomic E-state index is 0.00396. The zero-order valence-corrected chi connectivity index (χ0v) is 11.5.